The number of nitriles is 1. The summed E-state index contributed by atoms with van der Waals surface area (Å²) < 4.78 is 4.81. The average Bonchev–Trinajstić information content (AvgIpc) is 2.20. The highest BCUT2D eigenvalue weighted by atomic mass is 35.5. The Morgan fingerprint density at radius 3 is 2.80 bits per heavy atom. The molecule has 0 heterocycles. The van der Waals surface area contributed by atoms with Gasteiger partial charge in [-0.15, -0.1) is 0 Å². The van der Waals surface area contributed by atoms with E-state index in [2.05, 4.69) is 0 Å². The third-order valence-electron chi connectivity index (χ3n) is 1.81. The van der Waals surface area contributed by atoms with Crippen LogP contribution in [0.2, 0.25) is 5.02 Å². The Morgan fingerprint density at radius 1 is 1.67 bits per heavy atom. The van der Waals surface area contributed by atoms with Crippen molar-refractivity contribution in [1.29, 1.82) is 5.26 Å². The van der Waals surface area contributed by atoms with Crippen LogP contribution in [-0.2, 0) is 6.42 Å². The molecular formula is C9H7ClN2O3. The van der Waals surface area contributed by atoms with Gasteiger partial charge in [-0.05, 0) is 5.56 Å². The highest BCUT2D eigenvalue weighted by molar-refractivity contribution is 6.31. The van der Waals surface area contributed by atoms with Crippen molar-refractivity contribution in [2.75, 3.05) is 7.11 Å². The predicted molar refractivity (Wildman–Crippen MR) is 54.0 cm³/mol. The third-order valence-corrected chi connectivity index (χ3v) is 2.17. The van der Waals surface area contributed by atoms with Crippen LogP contribution in [-0.4, -0.2) is 12.0 Å². The van der Waals surface area contributed by atoms with Crippen molar-refractivity contribution in [2.45, 2.75) is 6.42 Å². The number of rotatable bonds is 3. The van der Waals surface area contributed by atoms with Gasteiger partial charge in [-0.2, -0.15) is 5.26 Å². The number of ether oxygens (including phenoxy) is 1. The maximum atomic E-state index is 10.6. The summed E-state index contributed by atoms with van der Waals surface area (Å²) in [5, 5.41) is 19.4. The fraction of sp³-hybridized carbons (Fsp3) is 0.222. The molecule has 0 aliphatic heterocycles. The fourth-order valence-electron chi connectivity index (χ4n) is 1.11. The summed E-state index contributed by atoms with van der Waals surface area (Å²) in [5.74, 6) is 0.0895. The molecule has 78 valence electrons. The molecule has 0 radical (unpaired) electrons. The van der Waals surface area contributed by atoms with E-state index >= 15 is 0 Å². The van der Waals surface area contributed by atoms with Gasteiger partial charge in [0.05, 0.1) is 24.5 Å². The summed E-state index contributed by atoms with van der Waals surface area (Å²) in [4.78, 5) is 10.1. The molecule has 15 heavy (non-hydrogen) atoms. The fourth-order valence-corrected chi connectivity index (χ4v) is 1.33. The number of nitro groups is 1. The van der Waals surface area contributed by atoms with Crippen LogP contribution >= 0.6 is 11.6 Å². The van der Waals surface area contributed by atoms with Crippen LogP contribution in [0.25, 0.3) is 0 Å². The van der Waals surface area contributed by atoms with Crippen LogP contribution in [0.5, 0.6) is 5.75 Å². The second kappa shape index (κ2) is 4.62. The van der Waals surface area contributed by atoms with Crippen LogP contribution in [0.4, 0.5) is 5.69 Å². The first-order chi connectivity index (χ1) is 7.10. The van der Waals surface area contributed by atoms with Crippen LogP contribution in [0, 0.1) is 21.4 Å². The van der Waals surface area contributed by atoms with Crippen molar-refractivity contribution in [3.8, 4) is 11.8 Å². The summed E-state index contributed by atoms with van der Waals surface area (Å²) >= 11 is 5.81. The lowest BCUT2D eigenvalue weighted by molar-refractivity contribution is -0.385. The van der Waals surface area contributed by atoms with E-state index in [0.717, 1.165) is 0 Å². The molecule has 0 aromatic heterocycles. The summed E-state index contributed by atoms with van der Waals surface area (Å²) in [6.45, 7) is 0. The summed E-state index contributed by atoms with van der Waals surface area (Å²) in [6, 6.07) is 4.47. The Kier molecular flexibility index (Phi) is 3.47. The molecule has 0 saturated carbocycles. The molecule has 0 aliphatic rings. The van der Waals surface area contributed by atoms with Gasteiger partial charge in [0.2, 0.25) is 0 Å². The Bertz CT molecular complexity index is 440. The van der Waals surface area contributed by atoms with E-state index in [1.807, 2.05) is 6.07 Å². The molecule has 0 spiro atoms. The Balaban J connectivity index is 3.31. The maximum absolute atomic E-state index is 10.6. The lowest BCUT2D eigenvalue weighted by Gasteiger charge is -2.04. The van der Waals surface area contributed by atoms with E-state index in [1.54, 1.807) is 0 Å². The van der Waals surface area contributed by atoms with Gasteiger partial charge >= 0.3 is 5.69 Å². The number of nitro benzene ring substituents is 1. The van der Waals surface area contributed by atoms with Crippen molar-refractivity contribution in [2.24, 2.45) is 0 Å². The van der Waals surface area contributed by atoms with Gasteiger partial charge in [-0.1, -0.05) is 11.6 Å². The van der Waals surface area contributed by atoms with Crippen molar-refractivity contribution >= 4 is 17.3 Å². The van der Waals surface area contributed by atoms with E-state index in [4.69, 9.17) is 21.6 Å². The van der Waals surface area contributed by atoms with Gasteiger partial charge in [-0.3, -0.25) is 10.1 Å². The Labute approximate surface area is 91.0 Å². The molecular weight excluding hydrogens is 220 g/mol. The number of hydrogen-bond donors (Lipinski definition) is 0. The van der Waals surface area contributed by atoms with Crippen molar-refractivity contribution in [1.82, 2.24) is 0 Å². The first-order valence-electron chi connectivity index (χ1n) is 3.98. The molecule has 6 heteroatoms. The van der Waals surface area contributed by atoms with Crippen LogP contribution in [0.1, 0.15) is 5.56 Å². The molecule has 0 aliphatic carbocycles. The molecule has 0 bridgehead atoms. The highest BCUT2D eigenvalue weighted by Crippen LogP contribution is 2.32. The van der Waals surface area contributed by atoms with Gasteiger partial charge in [0.15, 0.2) is 5.75 Å². The van der Waals surface area contributed by atoms with Gasteiger partial charge in [0.1, 0.15) is 0 Å². The van der Waals surface area contributed by atoms with Gasteiger partial charge in [0, 0.05) is 17.2 Å². The summed E-state index contributed by atoms with van der Waals surface area (Å²) in [5.41, 5.74) is 0.235. The predicted octanol–water partition coefficient (Wildman–Crippen LogP) is 2.32. The van der Waals surface area contributed by atoms with Crippen molar-refractivity contribution in [3.05, 3.63) is 32.8 Å². The minimum absolute atomic E-state index is 0.0314. The molecule has 0 amide bonds. The average molecular weight is 227 g/mol. The molecule has 0 unspecified atom stereocenters. The second-order valence-electron chi connectivity index (χ2n) is 2.71. The Hall–Kier alpha value is -1.80. The van der Waals surface area contributed by atoms with Gasteiger partial charge in [0.25, 0.3) is 0 Å². The quantitative estimate of drug-likeness (QED) is 0.585. The monoisotopic (exact) mass is 226 g/mol. The lowest BCUT2D eigenvalue weighted by Crippen LogP contribution is -1.96. The lowest BCUT2D eigenvalue weighted by atomic mass is 10.1. The number of benzene rings is 1. The number of halogens is 1. The van der Waals surface area contributed by atoms with E-state index in [9.17, 15) is 10.1 Å². The molecule has 0 saturated heterocycles. The smallest absolute Gasteiger partial charge is 0.311 e. The van der Waals surface area contributed by atoms with E-state index in [0.29, 0.717) is 10.6 Å². The molecule has 0 atom stereocenters. The zero-order valence-corrected chi connectivity index (χ0v) is 8.61. The molecule has 1 aromatic carbocycles. The molecule has 0 N–H and O–H groups in total. The standard InChI is InChI=1S/C9H7ClN2O3/c1-15-9-5-7(10)6(2-3-11)4-8(9)12(13)14/h4-5H,2H2,1H3. The summed E-state index contributed by atoms with van der Waals surface area (Å²) in [6.07, 6.45) is 0.0314. The minimum atomic E-state index is -0.573. The van der Waals surface area contributed by atoms with Crippen LogP contribution < -0.4 is 4.74 Å². The van der Waals surface area contributed by atoms with Gasteiger partial charge < -0.3 is 4.74 Å². The molecule has 0 fully saturated rings. The van der Waals surface area contributed by atoms with Crippen LogP contribution in [0.3, 0.4) is 0 Å². The normalized spacial score (nSPS) is 9.40. The topological polar surface area (TPSA) is 76.2 Å². The van der Waals surface area contributed by atoms with E-state index in [-0.39, 0.29) is 17.9 Å². The number of methoxy groups -OCH3 is 1. The maximum Gasteiger partial charge on any atom is 0.311 e. The van der Waals surface area contributed by atoms with Crippen molar-refractivity contribution in [3.63, 3.8) is 0 Å². The molecule has 1 aromatic rings. The molecule has 1 rings (SSSR count). The third kappa shape index (κ3) is 2.36. The SMILES string of the molecule is COc1cc(Cl)c(CC#N)cc1[N+](=O)[O-]. The largest absolute Gasteiger partial charge is 0.490 e. The first kappa shape index (κ1) is 11.3. The number of nitrogens with zero attached hydrogens (tertiary/aromatic N) is 2. The highest BCUT2D eigenvalue weighted by Gasteiger charge is 2.17. The van der Waals surface area contributed by atoms with Crippen molar-refractivity contribution < 1.29 is 9.66 Å². The zero-order chi connectivity index (χ0) is 11.4. The van der Waals surface area contributed by atoms with E-state index < -0.39 is 4.92 Å². The van der Waals surface area contributed by atoms with E-state index in [1.165, 1.54) is 19.2 Å². The molecule has 5 nitrogen and oxygen atoms in total. The van der Waals surface area contributed by atoms with Gasteiger partial charge in [-0.25, -0.2) is 0 Å². The minimum Gasteiger partial charge on any atom is -0.490 e. The van der Waals surface area contributed by atoms with Crippen LogP contribution in [0.15, 0.2) is 12.1 Å². The first-order valence-corrected chi connectivity index (χ1v) is 4.35. The zero-order valence-electron chi connectivity index (χ0n) is 7.86. The summed E-state index contributed by atoms with van der Waals surface area (Å²) in [7, 11) is 1.32. The second-order valence-corrected chi connectivity index (χ2v) is 3.11. The number of hydrogen-bond acceptors (Lipinski definition) is 4. The Morgan fingerprint density at radius 2 is 2.33 bits per heavy atom.